The quantitative estimate of drug-likeness (QED) is 0.798. The predicted molar refractivity (Wildman–Crippen MR) is 89.6 cm³/mol. The summed E-state index contributed by atoms with van der Waals surface area (Å²) < 4.78 is 0. The van der Waals surface area contributed by atoms with Crippen LogP contribution in [0, 0.1) is 16.7 Å². The van der Waals surface area contributed by atoms with Crippen LogP contribution in [0.2, 0.25) is 0 Å². The van der Waals surface area contributed by atoms with Crippen molar-refractivity contribution in [2.45, 2.75) is 51.4 Å². The molecule has 0 spiro atoms. The third-order valence-electron chi connectivity index (χ3n) is 6.47. The maximum absolute atomic E-state index is 12.5. The fourth-order valence-corrected chi connectivity index (χ4v) is 4.78. The number of hydrogen-bond donors (Lipinski definition) is 1. The highest BCUT2D eigenvalue weighted by Gasteiger charge is 2.61. The zero-order valence-electron chi connectivity index (χ0n) is 13.1. The Morgan fingerprint density at radius 1 is 1.29 bits per heavy atom. The van der Waals surface area contributed by atoms with E-state index in [4.69, 9.17) is 0 Å². The first kappa shape index (κ1) is 15.1. The fraction of sp³-hybridized carbons (Fsp3) is 0.611. The summed E-state index contributed by atoms with van der Waals surface area (Å²) in [6.45, 7) is 7.11. The second-order valence-electron chi connectivity index (χ2n) is 7.47. The largest absolute Gasteiger partial charge is 0.349 e. The van der Waals surface area contributed by atoms with E-state index < -0.39 is 0 Å². The van der Waals surface area contributed by atoms with Crippen LogP contribution in [0.4, 0.5) is 0 Å². The van der Waals surface area contributed by atoms with Gasteiger partial charge in [0.2, 0.25) is 0 Å². The number of alkyl halides is 1. The van der Waals surface area contributed by atoms with E-state index in [0.717, 1.165) is 23.2 Å². The normalized spacial score (nSPS) is 33.1. The number of rotatable bonds is 3. The van der Waals surface area contributed by atoms with Gasteiger partial charge >= 0.3 is 0 Å². The first-order chi connectivity index (χ1) is 9.88. The number of nitrogens with one attached hydrogen (secondary N) is 1. The first-order valence-corrected chi connectivity index (χ1v) is 8.96. The van der Waals surface area contributed by atoms with Gasteiger partial charge in [-0.25, -0.2) is 0 Å². The SMILES string of the molecule is CC1(C)C2CCC1(C)C(NC(=O)c1ccc(CBr)cc1)C2. The lowest BCUT2D eigenvalue weighted by atomic mass is 9.69. The molecule has 0 aliphatic heterocycles. The Hall–Kier alpha value is -0.830. The van der Waals surface area contributed by atoms with Gasteiger partial charge in [-0.15, -0.1) is 0 Å². The average Bonchev–Trinajstić information content (AvgIpc) is 2.80. The van der Waals surface area contributed by atoms with Crippen LogP contribution < -0.4 is 5.32 Å². The molecule has 21 heavy (non-hydrogen) atoms. The van der Waals surface area contributed by atoms with E-state index in [0.29, 0.717) is 11.5 Å². The number of fused-ring (bicyclic) bond motifs is 2. The second-order valence-corrected chi connectivity index (χ2v) is 8.03. The third-order valence-corrected chi connectivity index (χ3v) is 7.12. The zero-order chi connectivity index (χ0) is 15.3. The summed E-state index contributed by atoms with van der Waals surface area (Å²) >= 11 is 3.43. The maximum Gasteiger partial charge on any atom is 0.251 e. The van der Waals surface area contributed by atoms with Gasteiger partial charge in [0.05, 0.1) is 0 Å². The van der Waals surface area contributed by atoms with Crippen LogP contribution in [0.5, 0.6) is 0 Å². The Balaban J connectivity index is 1.74. The van der Waals surface area contributed by atoms with Crippen molar-refractivity contribution in [3.8, 4) is 0 Å². The lowest BCUT2D eigenvalue weighted by molar-refractivity contribution is 0.0826. The van der Waals surface area contributed by atoms with E-state index >= 15 is 0 Å². The first-order valence-electron chi connectivity index (χ1n) is 7.84. The van der Waals surface area contributed by atoms with E-state index in [1.807, 2.05) is 24.3 Å². The molecule has 1 aromatic carbocycles. The van der Waals surface area contributed by atoms with E-state index in [1.54, 1.807) is 0 Å². The van der Waals surface area contributed by atoms with Crippen molar-refractivity contribution in [1.29, 1.82) is 0 Å². The zero-order valence-corrected chi connectivity index (χ0v) is 14.7. The molecule has 2 aliphatic carbocycles. The van der Waals surface area contributed by atoms with Gasteiger partial charge in [0.25, 0.3) is 5.91 Å². The molecule has 1 N–H and O–H groups in total. The Morgan fingerprint density at radius 3 is 2.43 bits per heavy atom. The molecule has 2 nitrogen and oxygen atoms in total. The van der Waals surface area contributed by atoms with E-state index in [-0.39, 0.29) is 11.3 Å². The van der Waals surface area contributed by atoms with Gasteiger partial charge < -0.3 is 5.32 Å². The van der Waals surface area contributed by atoms with Gasteiger partial charge in [-0.1, -0.05) is 48.8 Å². The monoisotopic (exact) mass is 349 g/mol. The van der Waals surface area contributed by atoms with Crippen molar-refractivity contribution >= 4 is 21.8 Å². The van der Waals surface area contributed by atoms with Crippen LogP contribution >= 0.6 is 15.9 Å². The Bertz CT molecular complexity index is 551. The highest BCUT2D eigenvalue weighted by Crippen LogP contribution is 2.65. The average molecular weight is 350 g/mol. The molecule has 0 radical (unpaired) electrons. The molecule has 0 aromatic heterocycles. The number of amides is 1. The summed E-state index contributed by atoms with van der Waals surface area (Å²) in [7, 11) is 0. The van der Waals surface area contributed by atoms with Crippen molar-refractivity contribution < 1.29 is 4.79 Å². The Morgan fingerprint density at radius 2 is 1.95 bits per heavy atom. The van der Waals surface area contributed by atoms with Crippen LogP contribution in [0.1, 0.15) is 56.0 Å². The summed E-state index contributed by atoms with van der Waals surface area (Å²) in [4.78, 5) is 12.5. The molecule has 2 bridgehead atoms. The summed E-state index contributed by atoms with van der Waals surface area (Å²) in [5.41, 5.74) is 2.54. The molecule has 3 atom stereocenters. The molecule has 2 saturated carbocycles. The number of hydrogen-bond acceptors (Lipinski definition) is 1. The molecule has 3 rings (SSSR count). The van der Waals surface area contributed by atoms with Crippen LogP contribution in [0.3, 0.4) is 0 Å². The number of benzene rings is 1. The molecule has 3 heteroatoms. The molecule has 3 unspecified atom stereocenters. The predicted octanol–water partition coefficient (Wildman–Crippen LogP) is 4.53. The molecule has 2 aliphatic rings. The highest BCUT2D eigenvalue weighted by atomic mass is 79.9. The van der Waals surface area contributed by atoms with Gasteiger partial charge in [-0.2, -0.15) is 0 Å². The summed E-state index contributed by atoms with van der Waals surface area (Å²) in [6, 6.07) is 8.18. The smallest absolute Gasteiger partial charge is 0.251 e. The lowest BCUT2D eigenvalue weighted by Crippen LogP contribution is -2.46. The van der Waals surface area contributed by atoms with E-state index in [9.17, 15) is 4.79 Å². The van der Waals surface area contributed by atoms with Gasteiger partial charge in [-0.05, 0) is 53.7 Å². The van der Waals surface area contributed by atoms with Crippen molar-refractivity contribution in [3.05, 3.63) is 35.4 Å². The highest BCUT2D eigenvalue weighted by molar-refractivity contribution is 9.08. The minimum Gasteiger partial charge on any atom is -0.349 e. The van der Waals surface area contributed by atoms with E-state index in [1.165, 1.54) is 18.4 Å². The van der Waals surface area contributed by atoms with E-state index in [2.05, 4.69) is 42.0 Å². The Kier molecular flexibility index (Phi) is 3.67. The van der Waals surface area contributed by atoms with Crippen LogP contribution in [0.15, 0.2) is 24.3 Å². The minimum absolute atomic E-state index is 0.0747. The van der Waals surface area contributed by atoms with Crippen molar-refractivity contribution in [1.82, 2.24) is 5.32 Å². The number of carbonyl (C=O) groups excluding carboxylic acids is 1. The molecule has 1 aromatic rings. The molecular weight excluding hydrogens is 326 g/mol. The number of halogens is 1. The summed E-state index contributed by atoms with van der Waals surface area (Å²) in [5, 5.41) is 4.13. The topological polar surface area (TPSA) is 29.1 Å². The second kappa shape index (κ2) is 5.12. The van der Waals surface area contributed by atoms with Gasteiger partial charge in [0.15, 0.2) is 0 Å². The molecular formula is C18H24BrNO. The maximum atomic E-state index is 12.5. The fourth-order valence-electron chi connectivity index (χ4n) is 4.41. The minimum atomic E-state index is 0.0747. The van der Waals surface area contributed by atoms with Gasteiger partial charge in [0.1, 0.15) is 0 Å². The van der Waals surface area contributed by atoms with Crippen molar-refractivity contribution in [2.75, 3.05) is 0 Å². The third kappa shape index (κ3) is 2.25. The van der Waals surface area contributed by atoms with Crippen LogP contribution in [-0.4, -0.2) is 11.9 Å². The summed E-state index contributed by atoms with van der Waals surface area (Å²) in [6.07, 6.45) is 3.68. The molecule has 114 valence electrons. The van der Waals surface area contributed by atoms with Gasteiger partial charge in [0, 0.05) is 16.9 Å². The van der Waals surface area contributed by atoms with Crippen molar-refractivity contribution in [2.24, 2.45) is 16.7 Å². The van der Waals surface area contributed by atoms with Crippen molar-refractivity contribution in [3.63, 3.8) is 0 Å². The van der Waals surface area contributed by atoms with Gasteiger partial charge in [-0.3, -0.25) is 4.79 Å². The molecule has 0 heterocycles. The molecule has 2 fully saturated rings. The molecule has 1 amide bonds. The lowest BCUT2D eigenvalue weighted by Gasteiger charge is -2.39. The van der Waals surface area contributed by atoms with Crippen LogP contribution in [0.25, 0.3) is 0 Å². The Labute approximate surface area is 135 Å². The summed E-state index contributed by atoms with van der Waals surface area (Å²) in [5.74, 6) is 0.828. The number of carbonyl (C=O) groups is 1. The molecule has 0 saturated heterocycles. The van der Waals surface area contributed by atoms with Crippen LogP contribution in [-0.2, 0) is 5.33 Å². The standard InChI is InChI=1S/C18H24BrNO/c1-17(2)14-8-9-18(17,3)15(10-14)20-16(21)13-6-4-12(11-19)5-7-13/h4-7,14-15H,8-11H2,1-3H3,(H,20,21).